The number of carboxylic acid groups (broad SMARTS) is 1. The summed E-state index contributed by atoms with van der Waals surface area (Å²) in [6.45, 7) is 2.80. The van der Waals surface area contributed by atoms with Crippen LogP contribution >= 0.6 is 0 Å². The lowest BCUT2D eigenvalue weighted by atomic mass is 9.77. The number of fused-ring (bicyclic) bond motifs is 1. The molecule has 1 aromatic heterocycles. The van der Waals surface area contributed by atoms with Gasteiger partial charge in [-0.25, -0.2) is 0 Å². The number of aliphatic carboxylic acids is 1. The standard InChI is InChI=1S/C23H28N4O4/c1-2-31-23-25-18-11-12-27(22(30)20(18)21(24)26-23)17-9-7-16(8-10-17)15-5-3-14(4-6-15)13-19(28)29/h7-10,14-15H,2-6,11-13H2,1H3,(H,28,29)(H2,24,25,26)/t14-,15-. The molecule has 8 nitrogen and oxygen atoms in total. The number of anilines is 2. The lowest BCUT2D eigenvalue weighted by molar-refractivity contribution is -0.138. The summed E-state index contributed by atoms with van der Waals surface area (Å²) in [4.78, 5) is 34.2. The van der Waals surface area contributed by atoms with Gasteiger partial charge in [0.25, 0.3) is 5.91 Å². The van der Waals surface area contributed by atoms with Crippen LogP contribution in [0.5, 0.6) is 6.01 Å². The van der Waals surface area contributed by atoms with Crippen molar-refractivity contribution in [2.45, 2.75) is 51.4 Å². The van der Waals surface area contributed by atoms with Crippen molar-refractivity contribution in [3.63, 3.8) is 0 Å². The van der Waals surface area contributed by atoms with Gasteiger partial charge in [0.1, 0.15) is 11.4 Å². The van der Waals surface area contributed by atoms with Crippen LogP contribution in [0, 0.1) is 5.92 Å². The van der Waals surface area contributed by atoms with Crippen molar-refractivity contribution >= 4 is 23.4 Å². The molecule has 0 radical (unpaired) electrons. The van der Waals surface area contributed by atoms with Crippen LogP contribution in [0.15, 0.2) is 24.3 Å². The van der Waals surface area contributed by atoms with Gasteiger partial charge in [0.2, 0.25) is 0 Å². The number of aromatic nitrogens is 2. The van der Waals surface area contributed by atoms with E-state index in [4.69, 9.17) is 15.6 Å². The summed E-state index contributed by atoms with van der Waals surface area (Å²) in [6.07, 6.45) is 4.76. The topological polar surface area (TPSA) is 119 Å². The van der Waals surface area contributed by atoms with Gasteiger partial charge in [-0.3, -0.25) is 9.59 Å². The molecule has 1 aliphatic heterocycles. The number of nitrogens with zero attached hydrogens (tertiary/aromatic N) is 3. The molecule has 0 saturated heterocycles. The van der Waals surface area contributed by atoms with Gasteiger partial charge in [-0.1, -0.05) is 12.1 Å². The molecule has 1 fully saturated rings. The van der Waals surface area contributed by atoms with Crippen molar-refractivity contribution in [1.82, 2.24) is 9.97 Å². The molecule has 2 aromatic rings. The molecular weight excluding hydrogens is 396 g/mol. The van der Waals surface area contributed by atoms with E-state index in [0.717, 1.165) is 31.4 Å². The van der Waals surface area contributed by atoms with E-state index in [1.807, 2.05) is 19.1 Å². The smallest absolute Gasteiger partial charge is 0.318 e. The number of hydrogen-bond acceptors (Lipinski definition) is 6. The molecule has 1 saturated carbocycles. The second-order valence-electron chi connectivity index (χ2n) is 8.26. The Hall–Kier alpha value is -3.16. The Bertz CT molecular complexity index is 968. The van der Waals surface area contributed by atoms with Gasteiger partial charge in [0.15, 0.2) is 0 Å². The van der Waals surface area contributed by atoms with E-state index < -0.39 is 5.97 Å². The minimum absolute atomic E-state index is 0.151. The molecule has 0 unspecified atom stereocenters. The van der Waals surface area contributed by atoms with Crippen LogP contribution < -0.4 is 15.4 Å². The molecule has 1 amide bonds. The molecule has 164 valence electrons. The van der Waals surface area contributed by atoms with Crippen LogP contribution in [0.2, 0.25) is 0 Å². The maximum absolute atomic E-state index is 13.1. The molecule has 8 heteroatoms. The number of hydrogen-bond donors (Lipinski definition) is 2. The minimum Gasteiger partial charge on any atom is -0.481 e. The third-order valence-corrected chi connectivity index (χ3v) is 6.28. The highest BCUT2D eigenvalue weighted by molar-refractivity contribution is 6.10. The molecule has 31 heavy (non-hydrogen) atoms. The maximum Gasteiger partial charge on any atom is 0.318 e. The van der Waals surface area contributed by atoms with Crippen molar-refractivity contribution in [2.24, 2.45) is 5.92 Å². The van der Waals surface area contributed by atoms with Gasteiger partial charge in [0, 0.05) is 25.1 Å². The Kier molecular flexibility index (Phi) is 6.06. The summed E-state index contributed by atoms with van der Waals surface area (Å²) in [7, 11) is 0. The summed E-state index contributed by atoms with van der Waals surface area (Å²) in [5.74, 6) is -0.0183. The fourth-order valence-electron chi connectivity index (χ4n) is 4.68. The van der Waals surface area contributed by atoms with Crippen LogP contribution in [0.3, 0.4) is 0 Å². The van der Waals surface area contributed by atoms with Crippen molar-refractivity contribution in [3.8, 4) is 6.01 Å². The second-order valence-corrected chi connectivity index (χ2v) is 8.26. The summed E-state index contributed by atoms with van der Waals surface area (Å²) in [6, 6.07) is 8.33. The van der Waals surface area contributed by atoms with Crippen molar-refractivity contribution < 1.29 is 19.4 Å². The molecule has 1 aromatic carbocycles. The van der Waals surface area contributed by atoms with E-state index in [-0.39, 0.29) is 30.1 Å². The number of nitrogen functional groups attached to an aromatic ring is 1. The SMILES string of the molecule is CCOc1nc(N)c2c(n1)CCN(c1ccc([C@H]3CC[C@H](CC(=O)O)CC3)cc1)C2=O. The van der Waals surface area contributed by atoms with E-state index >= 15 is 0 Å². The number of amides is 1. The quantitative estimate of drug-likeness (QED) is 0.729. The van der Waals surface area contributed by atoms with Crippen molar-refractivity contribution in [1.29, 1.82) is 0 Å². The average Bonchev–Trinajstić information content (AvgIpc) is 2.74. The van der Waals surface area contributed by atoms with Crippen LogP contribution in [0.25, 0.3) is 0 Å². The monoisotopic (exact) mass is 424 g/mol. The van der Waals surface area contributed by atoms with Gasteiger partial charge < -0.3 is 20.5 Å². The molecule has 2 aliphatic rings. The largest absolute Gasteiger partial charge is 0.481 e. The number of carbonyl (C=O) groups excluding carboxylic acids is 1. The average molecular weight is 425 g/mol. The Morgan fingerprint density at radius 1 is 1.19 bits per heavy atom. The number of rotatable bonds is 6. The lowest BCUT2D eigenvalue weighted by Gasteiger charge is -2.30. The first-order chi connectivity index (χ1) is 15.0. The third-order valence-electron chi connectivity index (χ3n) is 6.28. The molecule has 4 rings (SSSR count). The number of nitrogens with two attached hydrogens (primary N) is 1. The van der Waals surface area contributed by atoms with E-state index in [2.05, 4.69) is 22.1 Å². The van der Waals surface area contributed by atoms with E-state index in [0.29, 0.717) is 36.7 Å². The fourth-order valence-corrected chi connectivity index (χ4v) is 4.68. The van der Waals surface area contributed by atoms with Crippen LogP contribution in [0.1, 0.15) is 66.6 Å². The highest BCUT2D eigenvalue weighted by Gasteiger charge is 2.31. The highest BCUT2D eigenvalue weighted by atomic mass is 16.5. The zero-order chi connectivity index (χ0) is 22.0. The van der Waals surface area contributed by atoms with Crippen LogP contribution in [-0.2, 0) is 11.2 Å². The molecular formula is C23H28N4O4. The highest BCUT2D eigenvalue weighted by Crippen LogP contribution is 2.38. The van der Waals surface area contributed by atoms with Gasteiger partial charge in [-0.05, 0) is 62.1 Å². The summed E-state index contributed by atoms with van der Waals surface area (Å²) < 4.78 is 5.34. The molecule has 3 N–H and O–H groups in total. The van der Waals surface area contributed by atoms with E-state index in [1.165, 1.54) is 5.56 Å². The Balaban J connectivity index is 1.45. The van der Waals surface area contributed by atoms with Gasteiger partial charge >= 0.3 is 12.0 Å². The minimum atomic E-state index is -0.708. The van der Waals surface area contributed by atoms with E-state index in [1.54, 1.807) is 4.90 Å². The molecule has 1 aliphatic carbocycles. The number of carbonyl (C=O) groups is 2. The Morgan fingerprint density at radius 3 is 2.55 bits per heavy atom. The molecule has 0 spiro atoms. The predicted octanol–water partition coefficient (Wildman–Crippen LogP) is 3.41. The maximum atomic E-state index is 13.1. The second kappa shape index (κ2) is 8.91. The van der Waals surface area contributed by atoms with Gasteiger partial charge in [0.05, 0.1) is 12.3 Å². The van der Waals surface area contributed by atoms with Gasteiger partial charge in [-0.15, -0.1) is 0 Å². The zero-order valence-electron chi connectivity index (χ0n) is 17.7. The molecule has 2 heterocycles. The lowest BCUT2D eigenvalue weighted by Crippen LogP contribution is -2.39. The summed E-state index contributed by atoms with van der Waals surface area (Å²) in [5.41, 5.74) is 9.11. The summed E-state index contributed by atoms with van der Waals surface area (Å²) >= 11 is 0. The summed E-state index contributed by atoms with van der Waals surface area (Å²) in [5, 5.41) is 8.99. The van der Waals surface area contributed by atoms with Crippen LogP contribution in [-0.4, -0.2) is 40.1 Å². The molecule has 0 atom stereocenters. The number of benzene rings is 1. The Morgan fingerprint density at radius 2 is 1.90 bits per heavy atom. The zero-order valence-corrected chi connectivity index (χ0v) is 17.7. The van der Waals surface area contributed by atoms with Crippen LogP contribution in [0.4, 0.5) is 11.5 Å². The normalized spacial score (nSPS) is 20.9. The number of ether oxygens (including phenoxy) is 1. The molecule has 0 bridgehead atoms. The van der Waals surface area contributed by atoms with Crippen molar-refractivity contribution in [2.75, 3.05) is 23.8 Å². The Labute approximate surface area is 181 Å². The fraction of sp³-hybridized carbons (Fsp3) is 0.478. The first kappa shape index (κ1) is 21.1. The number of carboxylic acids is 1. The predicted molar refractivity (Wildman–Crippen MR) is 116 cm³/mol. The van der Waals surface area contributed by atoms with Gasteiger partial charge in [-0.2, -0.15) is 9.97 Å². The first-order valence-corrected chi connectivity index (χ1v) is 10.9. The van der Waals surface area contributed by atoms with E-state index in [9.17, 15) is 9.59 Å². The van der Waals surface area contributed by atoms with Crippen molar-refractivity contribution in [3.05, 3.63) is 41.1 Å². The first-order valence-electron chi connectivity index (χ1n) is 10.9. The third kappa shape index (κ3) is 4.47.